The van der Waals surface area contributed by atoms with E-state index >= 15 is 0 Å². The van der Waals surface area contributed by atoms with Gasteiger partial charge in [0.05, 0.1) is 24.7 Å². The van der Waals surface area contributed by atoms with E-state index in [0.29, 0.717) is 22.7 Å². The van der Waals surface area contributed by atoms with Crippen LogP contribution in [0.15, 0.2) is 29.3 Å². The van der Waals surface area contributed by atoms with Crippen molar-refractivity contribution >= 4 is 15.7 Å². The van der Waals surface area contributed by atoms with Gasteiger partial charge in [0.25, 0.3) is 10.0 Å². The van der Waals surface area contributed by atoms with E-state index < -0.39 is 10.0 Å². The Morgan fingerprint density at radius 1 is 1.45 bits per heavy atom. The predicted molar refractivity (Wildman–Crippen MR) is 75.0 cm³/mol. The number of sulfonamides is 1. The molecule has 0 atom stereocenters. The highest BCUT2D eigenvalue weighted by Gasteiger charge is 2.21. The third-order valence-corrected chi connectivity index (χ3v) is 4.33. The van der Waals surface area contributed by atoms with Crippen LogP contribution in [0.5, 0.6) is 5.75 Å². The SMILES string of the molecule is COc1cccc(CN)c1NS(=O)(=O)c1cn[nH]c1C. The number of methoxy groups -OCH3 is 1. The molecule has 1 aromatic carbocycles. The molecule has 0 saturated heterocycles. The summed E-state index contributed by atoms with van der Waals surface area (Å²) in [6.45, 7) is 1.83. The number of nitrogens with zero attached hydrogens (tertiary/aromatic N) is 1. The molecule has 0 aliphatic carbocycles. The Morgan fingerprint density at radius 2 is 2.20 bits per heavy atom. The van der Waals surface area contributed by atoms with Gasteiger partial charge in [0.1, 0.15) is 10.6 Å². The fraction of sp³-hybridized carbons (Fsp3) is 0.250. The minimum atomic E-state index is -3.75. The maximum Gasteiger partial charge on any atom is 0.265 e. The van der Waals surface area contributed by atoms with Crippen LogP contribution >= 0.6 is 0 Å². The fourth-order valence-corrected chi connectivity index (χ4v) is 3.08. The summed E-state index contributed by atoms with van der Waals surface area (Å²) >= 11 is 0. The Morgan fingerprint density at radius 3 is 2.75 bits per heavy atom. The van der Waals surface area contributed by atoms with Gasteiger partial charge in [-0.3, -0.25) is 9.82 Å². The monoisotopic (exact) mass is 296 g/mol. The second-order valence-electron chi connectivity index (χ2n) is 4.16. The molecule has 4 N–H and O–H groups in total. The Labute approximate surface area is 117 Å². The Kier molecular flexibility index (Phi) is 3.96. The molecule has 1 heterocycles. The van der Waals surface area contributed by atoms with Gasteiger partial charge in [0.2, 0.25) is 0 Å². The van der Waals surface area contributed by atoms with Crippen LogP contribution in [0.4, 0.5) is 5.69 Å². The second kappa shape index (κ2) is 5.51. The Hall–Kier alpha value is -2.06. The molecule has 2 rings (SSSR count). The maximum absolute atomic E-state index is 12.4. The first-order valence-electron chi connectivity index (χ1n) is 5.88. The van der Waals surface area contributed by atoms with Crippen molar-refractivity contribution in [3.63, 3.8) is 0 Å². The van der Waals surface area contributed by atoms with Crippen molar-refractivity contribution < 1.29 is 13.2 Å². The zero-order chi connectivity index (χ0) is 14.8. The lowest BCUT2D eigenvalue weighted by molar-refractivity contribution is 0.416. The highest BCUT2D eigenvalue weighted by molar-refractivity contribution is 7.92. The fourth-order valence-electron chi connectivity index (χ4n) is 1.83. The van der Waals surface area contributed by atoms with Gasteiger partial charge in [-0.15, -0.1) is 0 Å². The highest BCUT2D eigenvalue weighted by atomic mass is 32.2. The molecule has 0 aliphatic rings. The normalized spacial score (nSPS) is 11.3. The van der Waals surface area contributed by atoms with Crippen molar-refractivity contribution in [2.24, 2.45) is 5.73 Å². The summed E-state index contributed by atoms with van der Waals surface area (Å²) in [5.74, 6) is 0.415. The number of hydrogen-bond acceptors (Lipinski definition) is 5. The van der Waals surface area contributed by atoms with Crippen LogP contribution in [0.25, 0.3) is 0 Å². The van der Waals surface area contributed by atoms with E-state index in [0.717, 1.165) is 0 Å². The van der Waals surface area contributed by atoms with Crippen molar-refractivity contribution in [2.75, 3.05) is 11.8 Å². The van der Waals surface area contributed by atoms with Gasteiger partial charge >= 0.3 is 0 Å². The lowest BCUT2D eigenvalue weighted by Crippen LogP contribution is -2.16. The molecule has 0 radical (unpaired) electrons. The van der Waals surface area contributed by atoms with E-state index in [9.17, 15) is 8.42 Å². The van der Waals surface area contributed by atoms with Crippen molar-refractivity contribution in [3.8, 4) is 5.75 Å². The number of hydrogen-bond donors (Lipinski definition) is 3. The van der Waals surface area contributed by atoms with Crippen molar-refractivity contribution in [1.82, 2.24) is 10.2 Å². The molecule has 0 aliphatic heterocycles. The van der Waals surface area contributed by atoms with Crippen LogP contribution in [0.1, 0.15) is 11.3 Å². The van der Waals surface area contributed by atoms with Crippen molar-refractivity contribution in [2.45, 2.75) is 18.4 Å². The Balaban J connectivity index is 2.47. The first-order chi connectivity index (χ1) is 9.49. The molecular weight excluding hydrogens is 280 g/mol. The molecule has 0 saturated carbocycles. The van der Waals surface area contributed by atoms with E-state index in [2.05, 4.69) is 14.9 Å². The number of ether oxygens (including phenoxy) is 1. The predicted octanol–water partition coefficient (Wildman–Crippen LogP) is 0.986. The first kappa shape index (κ1) is 14.4. The zero-order valence-electron chi connectivity index (χ0n) is 11.2. The lowest BCUT2D eigenvalue weighted by Gasteiger charge is -2.14. The summed E-state index contributed by atoms with van der Waals surface area (Å²) < 4.78 is 32.4. The molecule has 8 heteroatoms. The molecule has 2 aromatic rings. The molecule has 1 aromatic heterocycles. The van der Waals surface area contributed by atoms with Gasteiger partial charge < -0.3 is 10.5 Å². The number of nitrogens with two attached hydrogens (primary N) is 1. The van der Waals surface area contributed by atoms with Crippen LogP contribution in [-0.2, 0) is 16.6 Å². The summed E-state index contributed by atoms with van der Waals surface area (Å²) in [5.41, 5.74) is 7.09. The maximum atomic E-state index is 12.4. The number of nitrogens with one attached hydrogen (secondary N) is 2. The third kappa shape index (κ3) is 2.61. The number of H-pyrrole nitrogens is 1. The second-order valence-corrected chi connectivity index (χ2v) is 5.81. The van der Waals surface area contributed by atoms with Crippen molar-refractivity contribution in [1.29, 1.82) is 0 Å². The molecule has 0 fully saturated rings. The van der Waals surface area contributed by atoms with Gasteiger partial charge in [0, 0.05) is 6.54 Å². The average Bonchev–Trinajstić information content (AvgIpc) is 2.85. The molecule has 0 bridgehead atoms. The molecule has 7 nitrogen and oxygen atoms in total. The Bertz CT molecular complexity index is 687. The van der Waals surface area contributed by atoms with Gasteiger partial charge in [-0.1, -0.05) is 12.1 Å². The van der Waals surface area contributed by atoms with Crippen LogP contribution < -0.4 is 15.2 Å². The average molecular weight is 296 g/mol. The van der Waals surface area contributed by atoms with Gasteiger partial charge in [0.15, 0.2) is 0 Å². The van der Waals surface area contributed by atoms with E-state index in [1.54, 1.807) is 25.1 Å². The third-order valence-electron chi connectivity index (χ3n) is 2.86. The molecular formula is C12H16N4O3S. The minimum Gasteiger partial charge on any atom is -0.495 e. The lowest BCUT2D eigenvalue weighted by atomic mass is 10.1. The smallest absolute Gasteiger partial charge is 0.265 e. The summed E-state index contributed by atoms with van der Waals surface area (Å²) in [6.07, 6.45) is 1.26. The number of anilines is 1. The van der Waals surface area contributed by atoms with Crippen LogP contribution in [0.2, 0.25) is 0 Å². The molecule has 0 amide bonds. The topological polar surface area (TPSA) is 110 Å². The number of aromatic amines is 1. The number of rotatable bonds is 5. The van der Waals surface area contributed by atoms with Gasteiger partial charge in [-0.2, -0.15) is 5.10 Å². The molecule has 20 heavy (non-hydrogen) atoms. The van der Waals surface area contributed by atoms with Gasteiger partial charge in [-0.05, 0) is 18.6 Å². The minimum absolute atomic E-state index is 0.0892. The van der Waals surface area contributed by atoms with E-state index in [1.807, 2.05) is 0 Å². The molecule has 0 unspecified atom stereocenters. The van der Waals surface area contributed by atoms with Gasteiger partial charge in [-0.25, -0.2) is 8.42 Å². The summed E-state index contributed by atoms with van der Waals surface area (Å²) in [5, 5.41) is 6.31. The number of benzene rings is 1. The largest absolute Gasteiger partial charge is 0.495 e. The number of aromatic nitrogens is 2. The van der Waals surface area contributed by atoms with Crippen LogP contribution in [0.3, 0.4) is 0 Å². The molecule has 108 valence electrons. The van der Waals surface area contributed by atoms with Crippen molar-refractivity contribution in [3.05, 3.63) is 35.7 Å². The first-order valence-corrected chi connectivity index (χ1v) is 7.36. The van der Waals surface area contributed by atoms with E-state index in [4.69, 9.17) is 10.5 Å². The van der Waals surface area contributed by atoms with E-state index in [-0.39, 0.29) is 11.4 Å². The number of para-hydroxylation sites is 1. The summed E-state index contributed by atoms with van der Waals surface area (Å²) in [4.78, 5) is 0.0892. The van der Waals surface area contributed by atoms with Crippen LogP contribution in [0, 0.1) is 6.92 Å². The quantitative estimate of drug-likeness (QED) is 0.762. The highest BCUT2D eigenvalue weighted by Crippen LogP contribution is 2.30. The standard InChI is InChI=1S/C12H16N4O3S/c1-8-11(7-14-15-8)20(17,18)16-12-9(6-13)4-3-5-10(12)19-2/h3-5,7,16H,6,13H2,1-2H3,(H,14,15). The van der Waals surface area contributed by atoms with E-state index in [1.165, 1.54) is 13.3 Å². The summed E-state index contributed by atoms with van der Waals surface area (Å²) in [6, 6.07) is 5.16. The summed E-state index contributed by atoms with van der Waals surface area (Å²) in [7, 11) is -2.28. The zero-order valence-corrected chi connectivity index (χ0v) is 12.0. The number of aryl methyl sites for hydroxylation is 1. The van der Waals surface area contributed by atoms with Crippen LogP contribution in [-0.4, -0.2) is 25.7 Å². The molecule has 0 spiro atoms.